The molecule has 7 nitrogen and oxygen atoms in total. The quantitative estimate of drug-likeness (QED) is 0.689. The minimum Gasteiger partial charge on any atom is -0.454 e. The molecule has 0 unspecified atom stereocenters. The Morgan fingerprint density at radius 1 is 0.964 bits per heavy atom. The van der Waals surface area contributed by atoms with Crippen molar-refractivity contribution in [2.45, 2.75) is 17.9 Å². The fourth-order valence-corrected chi connectivity index (χ4v) is 4.15. The van der Waals surface area contributed by atoms with E-state index in [1.807, 2.05) is 24.3 Å². The van der Waals surface area contributed by atoms with Gasteiger partial charge in [0.15, 0.2) is 11.5 Å². The Balaban J connectivity index is 1.48. The van der Waals surface area contributed by atoms with E-state index in [1.165, 1.54) is 13.0 Å². The second-order valence-electron chi connectivity index (χ2n) is 6.41. The first-order valence-corrected chi connectivity index (χ1v) is 10.1. The fourth-order valence-electron chi connectivity index (χ4n) is 2.91. The molecule has 3 aromatic rings. The van der Waals surface area contributed by atoms with Crippen LogP contribution in [0.4, 0.5) is 5.69 Å². The van der Waals surface area contributed by atoms with Crippen LogP contribution in [0, 0.1) is 0 Å². The molecule has 1 heterocycles. The first-order valence-electron chi connectivity index (χ1n) is 8.64. The molecule has 0 spiro atoms. The predicted octanol–water partition coefficient (Wildman–Crippen LogP) is 2.87. The molecule has 1 atom stereocenters. The molecule has 1 aliphatic rings. The van der Waals surface area contributed by atoms with Crippen molar-refractivity contribution in [3.05, 3.63) is 60.7 Å². The molecular formula is C20H18N2O5S. The van der Waals surface area contributed by atoms with Crippen LogP contribution >= 0.6 is 0 Å². The van der Waals surface area contributed by atoms with Crippen molar-refractivity contribution in [1.82, 2.24) is 4.72 Å². The summed E-state index contributed by atoms with van der Waals surface area (Å²) in [6.45, 7) is 1.62. The van der Waals surface area contributed by atoms with Gasteiger partial charge in [-0.15, -0.1) is 0 Å². The van der Waals surface area contributed by atoms with E-state index in [2.05, 4.69) is 10.0 Å². The smallest absolute Gasteiger partial charge is 0.242 e. The summed E-state index contributed by atoms with van der Waals surface area (Å²) in [7, 11) is -3.85. The molecule has 4 rings (SSSR count). The van der Waals surface area contributed by atoms with Gasteiger partial charge in [-0.05, 0) is 42.0 Å². The average Bonchev–Trinajstić information content (AvgIpc) is 3.15. The largest absolute Gasteiger partial charge is 0.454 e. The molecule has 0 radical (unpaired) electrons. The van der Waals surface area contributed by atoms with Crippen molar-refractivity contribution in [1.29, 1.82) is 0 Å². The summed E-state index contributed by atoms with van der Waals surface area (Å²) in [6, 6.07) is 16.3. The highest BCUT2D eigenvalue weighted by molar-refractivity contribution is 7.89. The third kappa shape index (κ3) is 3.64. The van der Waals surface area contributed by atoms with Crippen molar-refractivity contribution in [3.8, 4) is 11.5 Å². The Bertz CT molecular complexity index is 1160. The van der Waals surface area contributed by atoms with Crippen LogP contribution in [0.3, 0.4) is 0 Å². The number of ether oxygens (including phenoxy) is 2. The van der Waals surface area contributed by atoms with Gasteiger partial charge in [0, 0.05) is 11.8 Å². The molecule has 0 fully saturated rings. The van der Waals surface area contributed by atoms with E-state index in [1.54, 1.807) is 30.3 Å². The van der Waals surface area contributed by atoms with Crippen molar-refractivity contribution in [2.75, 3.05) is 12.1 Å². The number of benzene rings is 3. The number of fused-ring (bicyclic) bond motifs is 2. The van der Waals surface area contributed by atoms with Gasteiger partial charge < -0.3 is 14.8 Å². The summed E-state index contributed by atoms with van der Waals surface area (Å²) in [4.78, 5) is 12.5. The molecule has 8 heteroatoms. The lowest BCUT2D eigenvalue weighted by molar-refractivity contribution is -0.117. The van der Waals surface area contributed by atoms with Gasteiger partial charge in [-0.1, -0.05) is 30.3 Å². The van der Waals surface area contributed by atoms with E-state index in [-0.39, 0.29) is 11.7 Å². The summed E-state index contributed by atoms with van der Waals surface area (Å²) >= 11 is 0. The van der Waals surface area contributed by atoms with Gasteiger partial charge in [0.2, 0.25) is 22.7 Å². The van der Waals surface area contributed by atoms with E-state index in [4.69, 9.17) is 9.47 Å². The fraction of sp³-hybridized carbons (Fsp3) is 0.150. The van der Waals surface area contributed by atoms with Crippen LogP contribution in [0.2, 0.25) is 0 Å². The Morgan fingerprint density at radius 3 is 2.54 bits per heavy atom. The van der Waals surface area contributed by atoms with Gasteiger partial charge in [-0.3, -0.25) is 4.79 Å². The Labute approximate surface area is 162 Å². The lowest BCUT2D eigenvalue weighted by Crippen LogP contribution is -2.41. The van der Waals surface area contributed by atoms with E-state index >= 15 is 0 Å². The number of hydrogen-bond donors (Lipinski definition) is 2. The normalized spacial score (nSPS) is 14.0. The predicted molar refractivity (Wildman–Crippen MR) is 105 cm³/mol. The first kappa shape index (κ1) is 18.3. The Morgan fingerprint density at radius 2 is 1.71 bits per heavy atom. The number of amides is 1. The van der Waals surface area contributed by atoms with Crippen LogP contribution in [-0.4, -0.2) is 27.2 Å². The summed E-state index contributed by atoms with van der Waals surface area (Å²) in [5.41, 5.74) is 0.492. The summed E-state index contributed by atoms with van der Waals surface area (Å²) in [6.07, 6.45) is 0. The zero-order chi connectivity index (χ0) is 19.7. The molecule has 28 heavy (non-hydrogen) atoms. The summed E-state index contributed by atoms with van der Waals surface area (Å²) in [5.74, 6) is 0.647. The van der Waals surface area contributed by atoms with Crippen molar-refractivity contribution in [3.63, 3.8) is 0 Å². The standard InChI is InChI=1S/C20H18N2O5S/c1-13(20(23)21-16-7-9-18-19(11-16)27-12-26-18)22-28(24,25)17-8-6-14-4-2-3-5-15(14)10-17/h2-11,13,22H,12H2,1H3,(H,21,23)/t13-/m0/s1. The van der Waals surface area contributed by atoms with Crippen LogP contribution in [0.5, 0.6) is 11.5 Å². The van der Waals surface area contributed by atoms with E-state index in [9.17, 15) is 13.2 Å². The van der Waals surface area contributed by atoms with Crippen LogP contribution in [-0.2, 0) is 14.8 Å². The number of anilines is 1. The minimum absolute atomic E-state index is 0.105. The highest BCUT2D eigenvalue weighted by Gasteiger charge is 2.23. The molecule has 1 aliphatic heterocycles. The highest BCUT2D eigenvalue weighted by atomic mass is 32.2. The number of carbonyl (C=O) groups is 1. The van der Waals surface area contributed by atoms with E-state index in [0.29, 0.717) is 17.2 Å². The van der Waals surface area contributed by atoms with E-state index < -0.39 is 22.0 Å². The molecule has 1 amide bonds. The molecule has 0 saturated heterocycles. The van der Waals surface area contributed by atoms with Gasteiger partial charge in [-0.25, -0.2) is 8.42 Å². The van der Waals surface area contributed by atoms with Crippen LogP contribution in [0.1, 0.15) is 6.92 Å². The number of hydrogen-bond acceptors (Lipinski definition) is 5. The molecule has 3 aromatic carbocycles. The van der Waals surface area contributed by atoms with Crippen LogP contribution < -0.4 is 19.5 Å². The maximum absolute atomic E-state index is 12.7. The zero-order valence-electron chi connectivity index (χ0n) is 15.0. The second kappa shape index (κ2) is 7.14. The first-order chi connectivity index (χ1) is 13.4. The molecule has 0 bridgehead atoms. The monoisotopic (exact) mass is 398 g/mol. The number of nitrogens with one attached hydrogen (secondary N) is 2. The third-order valence-electron chi connectivity index (χ3n) is 4.40. The van der Waals surface area contributed by atoms with Gasteiger partial charge >= 0.3 is 0 Å². The lowest BCUT2D eigenvalue weighted by Gasteiger charge is -2.15. The molecule has 2 N–H and O–H groups in total. The minimum atomic E-state index is -3.85. The maximum atomic E-state index is 12.7. The molecule has 0 saturated carbocycles. The molecule has 0 aliphatic carbocycles. The maximum Gasteiger partial charge on any atom is 0.242 e. The SMILES string of the molecule is C[C@H](NS(=O)(=O)c1ccc2ccccc2c1)C(=O)Nc1ccc2c(c1)OCO2. The third-order valence-corrected chi connectivity index (χ3v) is 5.93. The Hall–Kier alpha value is -3.10. The van der Waals surface area contributed by atoms with Crippen LogP contribution in [0.25, 0.3) is 10.8 Å². The average molecular weight is 398 g/mol. The van der Waals surface area contributed by atoms with Gasteiger partial charge in [-0.2, -0.15) is 4.72 Å². The Kier molecular flexibility index (Phi) is 4.66. The van der Waals surface area contributed by atoms with Gasteiger partial charge in [0.25, 0.3) is 0 Å². The topological polar surface area (TPSA) is 93.7 Å². The lowest BCUT2D eigenvalue weighted by atomic mass is 10.1. The molecule has 144 valence electrons. The van der Waals surface area contributed by atoms with Crippen molar-refractivity contribution in [2.24, 2.45) is 0 Å². The van der Waals surface area contributed by atoms with Crippen molar-refractivity contribution < 1.29 is 22.7 Å². The van der Waals surface area contributed by atoms with Gasteiger partial charge in [0.05, 0.1) is 10.9 Å². The van der Waals surface area contributed by atoms with E-state index in [0.717, 1.165) is 10.8 Å². The summed E-state index contributed by atoms with van der Waals surface area (Å²) < 4.78 is 38.2. The molecular weight excluding hydrogens is 380 g/mol. The number of rotatable bonds is 5. The number of carbonyl (C=O) groups excluding carboxylic acids is 1. The van der Waals surface area contributed by atoms with Crippen molar-refractivity contribution >= 4 is 32.4 Å². The van der Waals surface area contributed by atoms with Crippen LogP contribution in [0.15, 0.2) is 65.6 Å². The second-order valence-corrected chi connectivity index (χ2v) is 8.12. The highest BCUT2D eigenvalue weighted by Crippen LogP contribution is 2.34. The summed E-state index contributed by atoms with van der Waals surface area (Å²) in [5, 5.41) is 4.42. The zero-order valence-corrected chi connectivity index (χ0v) is 15.8. The number of sulfonamides is 1. The molecule has 0 aromatic heterocycles. The van der Waals surface area contributed by atoms with Gasteiger partial charge in [0.1, 0.15) is 0 Å².